The van der Waals surface area contributed by atoms with Gasteiger partial charge >= 0.3 is 0 Å². The summed E-state index contributed by atoms with van der Waals surface area (Å²) >= 11 is 0. The van der Waals surface area contributed by atoms with Crippen molar-refractivity contribution in [3.63, 3.8) is 0 Å². The number of rotatable bonds is 5. The fourth-order valence-corrected chi connectivity index (χ4v) is 3.78. The highest BCUT2D eigenvalue weighted by molar-refractivity contribution is 6.00. The first-order valence-electron chi connectivity index (χ1n) is 9.94. The third kappa shape index (κ3) is 4.83. The Morgan fingerprint density at radius 2 is 2.00 bits per heavy atom. The number of likely N-dealkylation sites (tertiary alicyclic amines) is 1. The molecule has 7 heteroatoms. The van der Waals surface area contributed by atoms with E-state index >= 15 is 0 Å². The first-order valence-corrected chi connectivity index (χ1v) is 9.94. The van der Waals surface area contributed by atoms with E-state index in [1.54, 1.807) is 7.11 Å². The maximum absolute atomic E-state index is 13.3. The average molecular weight is 427 g/mol. The van der Waals surface area contributed by atoms with Crippen LogP contribution in [-0.4, -0.2) is 46.8 Å². The molecule has 2 heterocycles. The molecule has 6 nitrogen and oxygen atoms in total. The van der Waals surface area contributed by atoms with Crippen molar-refractivity contribution in [1.82, 2.24) is 14.7 Å². The number of carbonyl (C=O) groups excluding carboxylic acids is 1. The van der Waals surface area contributed by atoms with E-state index in [1.807, 2.05) is 58.2 Å². The predicted octanol–water partition coefficient (Wildman–Crippen LogP) is 3.59. The quantitative estimate of drug-likeness (QED) is 0.676. The summed E-state index contributed by atoms with van der Waals surface area (Å²) in [5, 5.41) is 4.77. The minimum atomic E-state index is -0.0164. The molecule has 2 N–H and O–H groups in total. The van der Waals surface area contributed by atoms with E-state index < -0.39 is 0 Å². The van der Waals surface area contributed by atoms with Gasteiger partial charge < -0.3 is 15.4 Å². The van der Waals surface area contributed by atoms with Crippen LogP contribution in [0.1, 0.15) is 28.8 Å². The van der Waals surface area contributed by atoms with E-state index in [1.165, 1.54) is 0 Å². The van der Waals surface area contributed by atoms with E-state index in [-0.39, 0.29) is 24.4 Å². The zero-order valence-corrected chi connectivity index (χ0v) is 17.8. The van der Waals surface area contributed by atoms with Gasteiger partial charge in [-0.15, -0.1) is 12.4 Å². The maximum atomic E-state index is 13.3. The van der Waals surface area contributed by atoms with Crippen molar-refractivity contribution >= 4 is 18.3 Å². The van der Waals surface area contributed by atoms with Crippen LogP contribution < -0.4 is 10.5 Å². The van der Waals surface area contributed by atoms with Gasteiger partial charge in [0.05, 0.1) is 19.2 Å². The van der Waals surface area contributed by atoms with Gasteiger partial charge in [0.15, 0.2) is 0 Å². The lowest BCUT2D eigenvalue weighted by Crippen LogP contribution is -2.45. The number of hydrogen-bond donors (Lipinski definition) is 1. The SMILES string of the molecule is COc1cccc(-c2nn(Cc3ccccc3)cc2C(=O)N2CCCC(N)C2)c1.Cl. The molecule has 0 bridgehead atoms. The smallest absolute Gasteiger partial charge is 0.257 e. The Hall–Kier alpha value is -2.83. The fourth-order valence-electron chi connectivity index (χ4n) is 3.78. The molecule has 0 spiro atoms. The van der Waals surface area contributed by atoms with Gasteiger partial charge in [0.1, 0.15) is 11.4 Å². The molecular formula is C23H27ClN4O2. The monoisotopic (exact) mass is 426 g/mol. The molecule has 1 fully saturated rings. The van der Waals surface area contributed by atoms with Crippen LogP contribution in [0.25, 0.3) is 11.3 Å². The lowest BCUT2D eigenvalue weighted by atomic mass is 10.0. The van der Waals surface area contributed by atoms with Gasteiger partial charge in [-0.05, 0) is 30.5 Å². The minimum Gasteiger partial charge on any atom is -0.497 e. The number of halogens is 1. The second kappa shape index (κ2) is 9.78. The third-order valence-electron chi connectivity index (χ3n) is 5.27. The predicted molar refractivity (Wildman–Crippen MR) is 120 cm³/mol. The van der Waals surface area contributed by atoms with Crippen LogP contribution >= 0.6 is 12.4 Å². The molecule has 30 heavy (non-hydrogen) atoms. The molecular weight excluding hydrogens is 400 g/mol. The number of hydrogen-bond acceptors (Lipinski definition) is 4. The molecule has 1 amide bonds. The van der Waals surface area contributed by atoms with Crippen LogP contribution in [0.15, 0.2) is 60.8 Å². The van der Waals surface area contributed by atoms with Crippen LogP contribution in [0.4, 0.5) is 0 Å². The number of amides is 1. The van der Waals surface area contributed by atoms with E-state index in [4.69, 9.17) is 15.6 Å². The average Bonchev–Trinajstić information content (AvgIpc) is 3.17. The van der Waals surface area contributed by atoms with Gasteiger partial charge in [0.25, 0.3) is 5.91 Å². The molecule has 0 saturated carbocycles. The second-order valence-corrected chi connectivity index (χ2v) is 7.46. The van der Waals surface area contributed by atoms with Gasteiger partial charge in [-0.1, -0.05) is 42.5 Å². The topological polar surface area (TPSA) is 73.4 Å². The van der Waals surface area contributed by atoms with Crippen molar-refractivity contribution in [1.29, 1.82) is 0 Å². The van der Waals surface area contributed by atoms with Crippen LogP contribution in [0.3, 0.4) is 0 Å². The number of carbonyl (C=O) groups is 1. The van der Waals surface area contributed by atoms with Crippen molar-refractivity contribution < 1.29 is 9.53 Å². The fraction of sp³-hybridized carbons (Fsp3) is 0.304. The number of aromatic nitrogens is 2. The molecule has 1 aliphatic heterocycles. The van der Waals surface area contributed by atoms with E-state index in [9.17, 15) is 4.79 Å². The Labute approximate surface area is 183 Å². The van der Waals surface area contributed by atoms with Crippen LogP contribution in [-0.2, 0) is 6.54 Å². The number of ether oxygens (including phenoxy) is 1. The zero-order valence-electron chi connectivity index (χ0n) is 17.0. The molecule has 4 rings (SSSR count). The van der Waals surface area contributed by atoms with Gasteiger partial charge in [0, 0.05) is 30.9 Å². The third-order valence-corrected chi connectivity index (χ3v) is 5.27. The highest BCUT2D eigenvalue weighted by Gasteiger charge is 2.26. The lowest BCUT2D eigenvalue weighted by Gasteiger charge is -2.30. The Morgan fingerprint density at radius 3 is 2.73 bits per heavy atom. The van der Waals surface area contributed by atoms with Crippen LogP contribution in [0, 0.1) is 0 Å². The Kier molecular flexibility index (Phi) is 7.13. The largest absolute Gasteiger partial charge is 0.497 e. The molecule has 1 aliphatic rings. The normalized spacial score (nSPS) is 16.1. The van der Waals surface area contributed by atoms with Gasteiger partial charge in [-0.25, -0.2) is 0 Å². The summed E-state index contributed by atoms with van der Waals surface area (Å²) in [6, 6.07) is 17.8. The highest BCUT2D eigenvalue weighted by atomic mass is 35.5. The second-order valence-electron chi connectivity index (χ2n) is 7.46. The molecule has 1 unspecified atom stereocenters. The summed E-state index contributed by atoms with van der Waals surface area (Å²) in [5.74, 6) is 0.718. The highest BCUT2D eigenvalue weighted by Crippen LogP contribution is 2.27. The van der Waals surface area contributed by atoms with E-state index in [0.29, 0.717) is 24.3 Å². The number of benzene rings is 2. The first-order chi connectivity index (χ1) is 14.1. The molecule has 1 atom stereocenters. The number of nitrogens with two attached hydrogens (primary N) is 1. The summed E-state index contributed by atoms with van der Waals surface area (Å²) < 4.78 is 7.20. The summed E-state index contributed by atoms with van der Waals surface area (Å²) in [5.41, 5.74) is 9.37. The molecule has 0 aliphatic carbocycles. The number of nitrogens with zero attached hydrogens (tertiary/aromatic N) is 3. The van der Waals surface area contributed by atoms with Crippen molar-refractivity contribution in [2.75, 3.05) is 20.2 Å². The summed E-state index contributed by atoms with van der Waals surface area (Å²) in [4.78, 5) is 15.2. The Balaban J connectivity index is 0.00000256. The van der Waals surface area contributed by atoms with Crippen molar-refractivity contribution in [2.24, 2.45) is 5.73 Å². The Morgan fingerprint density at radius 1 is 1.20 bits per heavy atom. The number of methoxy groups -OCH3 is 1. The maximum Gasteiger partial charge on any atom is 0.257 e. The van der Waals surface area contributed by atoms with E-state index in [0.717, 1.165) is 36.3 Å². The van der Waals surface area contributed by atoms with Gasteiger partial charge in [-0.3, -0.25) is 9.48 Å². The number of piperidine rings is 1. The van der Waals surface area contributed by atoms with Crippen LogP contribution in [0.2, 0.25) is 0 Å². The molecule has 3 aromatic rings. The minimum absolute atomic E-state index is 0. The van der Waals surface area contributed by atoms with E-state index in [2.05, 4.69) is 12.1 Å². The summed E-state index contributed by atoms with van der Waals surface area (Å²) in [7, 11) is 1.63. The van der Waals surface area contributed by atoms with Crippen molar-refractivity contribution in [2.45, 2.75) is 25.4 Å². The first kappa shape index (κ1) is 21.9. The molecule has 1 aromatic heterocycles. The standard InChI is InChI=1S/C23H26N4O2.ClH/c1-29-20-11-5-9-18(13-20)22-21(23(28)26-12-6-10-19(24)15-26)16-27(25-22)14-17-7-3-2-4-8-17;/h2-5,7-9,11,13,16,19H,6,10,12,14-15,24H2,1H3;1H. The Bertz CT molecular complexity index is 990. The van der Waals surface area contributed by atoms with Gasteiger partial charge in [-0.2, -0.15) is 5.10 Å². The molecule has 1 saturated heterocycles. The summed E-state index contributed by atoms with van der Waals surface area (Å²) in [6.07, 6.45) is 3.74. The van der Waals surface area contributed by atoms with Gasteiger partial charge in [0.2, 0.25) is 0 Å². The molecule has 158 valence electrons. The van der Waals surface area contributed by atoms with Crippen molar-refractivity contribution in [3.8, 4) is 17.0 Å². The lowest BCUT2D eigenvalue weighted by molar-refractivity contribution is 0.0709. The molecule has 0 radical (unpaired) electrons. The summed E-state index contributed by atoms with van der Waals surface area (Å²) in [6.45, 7) is 1.92. The van der Waals surface area contributed by atoms with Crippen LogP contribution in [0.5, 0.6) is 5.75 Å². The molecule has 2 aromatic carbocycles. The zero-order chi connectivity index (χ0) is 20.2. The van der Waals surface area contributed by atoms with Crippen molar-refractivity contribution in [3.05, 3.63) is 71.9 Å².